The molecule has 0 aliphatic rings. The zero-order valence-electron chi connectivity index (χ0n) is 17.2. The smallest absolute Gasteiger partial charge is 0.311 e. The number of nitro groups is 1. The molecule has 1 atom stereocenters. The molecular formula is C22H24N4O4. The molecule has 0 fully saturated rings. The van der Waals surface area contributed by atoms with Crippen LogP contribution in [0.1, 0.15) is 47.1 Å². The molecule has 0 spiro atoms. The first kappa shape index (κ1) is 21.0. The van der Waals surface area contributed by atoms with Crippen LogP contribution < -0.4 is 10.1 Å². The fourth-order valence-electron chi connectivity index (χ4n) is 3.18. The lowest BCUT2D eigenvalue weighted by Crippen LogP contribution is -2.28. The van der Waals surface area contributed by atoms with Gasteiger partial charge in [-0.3, -0.25) is 19.6 Å². The van der Waals surface area contributed by atoms with E-state index in [0.717, 1.165) is 23.4 Å². The average Bonchev–Trinajstić information content (AvgIpc) is 3.22. The van der Waals surface area contributed by atoms with Crippen LogP contribution in [0, 0.1) is 17.0 Å². The highest BCUT2D eigenvalue weighted by molar-refractivity contribution is 5.94. The molecule has 3 rings (SSSR count). The van der Waals surface area contributed by atoms with Crippen LogP contribution in [-0.2, 0) is 13.2 Å². The van der Waals surface area contributed by atoms with E-state index in [9.17, 15) is 14.9 Å². The van der Waals surface area contributed by atoms with Gasteiger partial charge in [0.25, 0.3) is 5.91 Å². The van der Waals surface area contributed by atoms with Crippen LogP contribution in [0.3, 0.4) is 0 Å². The van der Waals surface area contributed by atoms with Gasteiger partial charge in [-0.15, -0.1) is 0 Å². The third-order valence-corrected chi connectivity index (χ3v) is 4.73. The third-order valence-electron chi connectivity index (χ3n) is 4.73. The number of carbonyl (C=O) groups excluding carboxylic acids is 1. The first-order valence-corrected chi connectivity index (χ1v) is 9.68. The molecule has 0 aliphatic heterocycles. The van der Waals surface area contributed by atoms with Crippen LogP contribution in [0.25, 0.3) is 0 Å². The number of amides is 1. The molecule has 1 heterocycles. The van der Waals surface area contributed by atoms with Crippen molar-refractivity contribution in [1.29, 1.82) is 0 Å². The molecule has 1 amide bonds. The van der Waals surface area contributed by atoms with E-state index in [1.807, 2.05) is 30.7 Å². The van der Waals surface area contributed by atoms with Crippen molar-refractivity contribution in [2.24, 2.45) is 0 Å². The number of benzene rings is 2. The highest BCUT2D eigenvalue weighted by Gasteiger charge is 2.17. The molecule has 8 nitrogen and oxygen atoms in total. The maximum absolute atomic E-state index is 12.7. The molecule has 0 radical (unpaired) electrons. The minimum Gasteiger partial charge on any atom is -0.482 e. The Morgan fingerprint density at radius 1 is 1.27 bits per heavy atom. The second kappa shape index (κ2) is 9.21. The second-order valence-corrected chi connectivity index (χ2v) is 6.98. The van der Waals surface area contributed by atoms with Gasteiger partial charge in [0.2, 0.25) is 0 Å². The highest BCUT2D eigenvalue weighted by Crippen LogP contribution is 2.28. The largest absolute Gasteiger partial charge is 0.482 e. The predicted octanol–water partition coefficient (Wildman–Crippen LogP) is 4.19. The Kier molecular flexibility index (Phi) is 6.46. The molecule has 8 heteroatoms. The van der Waals surface area contributed by atoms with E-state index in [-0.39, 0.29) is 30.0 Å². The number of hydrogen-bond donors (Lipinski definition) is 1. The van der Waals surface area contributed by atoms with Crippen molar-refractivity contribution in [3.8, 4) is 5.75 Å². The second-order valence-electron chi connectivity index (χ2n) is 6.98. The minimum absolute atomic E-state index is 0.0785. The summed E-state index contributed by atoms with van der Waals surface area (Å²) in [5, 5.41) is 18.4. The summed E-state index contributed by atoms with van der Waals surface area (Å²) < 4.78 is 7.50. The molecule has 0 saturated heterocycles. The highest BCUT2D eigenvalue weighted by atomic mass is 16.6. The first-order valence-electron chi connectivity index (χ1n) is 9.68. The van der Waals surface area contributed by atoms with Crippen molar-refractivity contribution in [2.75, 3.05) is 0 Å². The van der Waals surface area contributed by atoms with Gasteiger partial charge < -0.3 is 10.1 Å². The molecule has 0 aliphatic carbocycles. The van der Waals surface area contributed by atoms with E-state index < -0.39 is 4.92 Å². The summed E-state index contributed by atoms with van der Waals surface area (Å²) in [4.78, 5) is 23.5. The summed E-state index contributed by atoms with van der Waals surface area (Å²) >= 11 is 0. The fraction of sp³-hybridized carbons (Fsp3) is 0.273. The molecule has 0 saturated carbocycles. The Bertz CT molecular complexity index is 1060. The van der Waals surface area contributed by atoms with Crippen molar-refractivity contribution >= 4 is 11.6 Å². The van der Waals surface area contributed by atoms with E-state index in [1.165, 1.54) is 6.07 Å². The summed E-state index contributed by atoms with van der Waals surface area (Å²) in [6, 6.07) is 13.5. The molecule has 30 heavy (non-hydrogen) atoms. The topological polar surface area (TPSA) is 99.3 Å². The molecule has 0 bridgehead atoms. The van der Waals surface area contributed by atoms with Gasteiger partial charge in [0.15, 0.2) is 5.75 Å². The van der Waals surface area contributed by atoms with E-state index in [1.54, 1.807) is 43.5 Å². The molecule has 2 aromatic carbocycles. The van der Waals surface area contributed by atoms with Gasteiger partial charge in [0.05, 0.1) is 16.7 Å². The standard InChI is InChI=1S/C22H24N4O4/c1-4-25-19(10-11-23-25)16(3)24-22(27)18-7-5-6-17(13-18)14-30-21-9-8-15(2)12-20(21)26(28)29/h5-13,16H,4,14H2,1-3H3,(H,24,27). The summed E-state index contributed by atoms with van der Waals surface area (Å²) in [5.41, 5.74) is 2.86. The van der Waals surface area contributed by atoms with Crippen LogP contribution in [0.2, 0.25) is 0 Å². The molecular weight excluding hydrogens is 384 g/mol. The normalized spacial score (nSPS) is 11.7. The number of nitro benzene ring substituents is 1. The van der Waals surface area contributed by atoms with Gasteiger partial charge in [-0.25, -0.2) is 0 Å². The lowest BCUT2D eigenvalue weighted by atomic mass is 10.1. The number of hydrogen-bond acceptors (Lipinski definition) is 5. The molecule has 156 valence electrons. The number of carbonyl (C=O) groups is 1. The van der Waals surface area contributed by atoms with Gasteiger partial charge in [-0.1, -0.05) is 18.2 Å². The van der Waals surface area contributed by atoms with Gasteiger partial charge in [-0.2, -0.15) is 5.10 Å². The number of rotatable bonds is 8. The molecule has 3 aromatic rings. The minimum atomic E-state index is -0.464. The van der Waals surface area contributed by atoms with E-state index in [4.69, 9.17) is 4.74 Å². The van der Waals surface area contributed by atoms with Gasteiger partial charge in [-0.05, 0) is 56.2 Å². The number of aromatic nitrogens is 2. The maximum Gasteiger partial charge on any atom is 0.311 e. The lowest BCUT2D eigenvalue weighted by molar-refractivity contribution is -0.386. The fourth-order valence-corrected chi connectivity index (χ4v) is 3.18. The van der Waals surface area contributed by atoms with Gasteiger partial charge >= 0.3 is 5.69 Å². The molecule has 1 unspecified atom stereocenters. The Labute approximate surface area is 174 Å². The third kappa shape index (κ3) is 4.83. The maximum atomic E-state index is 12.7. The van der Waals surface area contributed by atoms with Crippen molar-refractivity contribution in [1.82, 2.24) is 15.1 Å². The summed E-state index contributed by atoms with van der Waals surface area (Å²) in [5.74, 6) is -0.0172. The van der Waals surface area contributed by atoms with E-state index in [0.29, 0.717) is 5.56 Å². The number of nitrogens with zero attached hydrogens (tertiary/aromatic N) is 3. The van der Waals surface area contributed by atoms with Crippen molar-refractivity contribution in [3.05, 3.63) is 87.2 Å². The SMILES string of the molecule is CCn1nccc1C(C)NC(=O)c1cccc(COc2ccc(C)cc2[N+](=O)[O-])c1. The van der Waals surface area contributed by atoms with Crippen LogP contribution in [-0.4, -0.2) is 20.6 Å². The van der Waals surface area contributed by atoms with Crippen molar-refractivity contribution in [2.45, 2.75) is 40.0 Å². The Morgan fingerprint density at radius 2 is 2.07 bits per heavy atom. The molecule has 1 aromatic heterocycles. The van der Waals surface area contributed by atoms with Gasteiger partial charge in [0.1, 0.15) is 6.61 Å². The van der Waals surface area contributed by atoms with Crippen LogP contribution >= 0.6 is 0 Å². The summed E-state index contributed by atoms with van der Waals surface area (Å²) in [6.45, 7) is 6.52. The quantitative estimate of drug-likeness (QED) is 0.445. The number of nitrogens with one attached hydrogen (secondary N) is 1. The summed E-state index contributed by atoms with van der Waals surface area (Å²) in [7, 11) is 0. The first-order chi connectivity index (χ1) is 14.4. The molecule has 1 N–H and O–H groups in total. The Hall–Kier alpha value is -3.68. The lowest BCUT2D eigenvalue weighted by Gasteiger charge is -2.16. The van der Waals surface area contributed by atoms with E-state index >= 15 is 0 Å². The summed E-state index contributed by atoms with van der Waals surface area (Å²) in [6.07, 6.45) is 1.71. The number of aryl methyl sites for hydroxylation is 2. The van der Waals surface area contributed by atoms with Gasteiger partial charge in [0, 0.05) is 24.4 Å². The van der Waals surface area contributed by atoms with Crippen molar-refractivity contribution in [3.63, 3.8) is 0 Å². The Morgan fingerprint density at radius 3 is 2.80 bits per heavy atom. The predicted molar refractivity (Wildman–Crippen MR) is 112 cm³/mol. The number of ether oxygens (including phenoxy) is 1. The van der Waals surface area contributed by atoms with Crippen LogP contribution in [0.4, 0.5) is 5.69 Å². The van der Waals surface area contributed by atoms with Crippen LogP contribution in [0.5, 0.6) is 5.75 Å². The zero-order chi connectivity index (χ0) is 21.7. The van der Waals surface area contributed by atoms with Crippen molar-refractivity contribution < 1.29 is 14.5 Å². The van der Waals surface area contributed by atoms with E-state index in [2.05, 4.69) is 10.4 Å². The van der Waals surface area contributed by atoms with Crippen LogP contribution in [0.15, 0.2) is 54.7 Å². The Balaban J connectivity index is 1.69. The average molecular weight is 408 g/mol. The monoisotopic (exact) mass is 408 g/mol. The zero-order valence-corrected chi connectivity index (χ0v) is 17.2.